The van der Waals surface area contributed by atoms with Gasteiger partial charge in [0, 0.05) is 20.3 Å². The molecule has 1 atom stereocenters. The predicted molar refractivity (Wildman–Crippen MR) is 83.9 cm³/mol. The van der Waals surface area contributed by atoms with Crippen LogP contribution in [-0.4, -0.2) is 7.11 Å². The van der Waals surface area contributed by atoms with Gasteiger partial charge in [-0.15, -0.1) is 0 Å². The minimum atomic E-state index is 0.0326. The lowest BCUT2D eigenvalue weighted by molar-refractivity contribution is 0.413. The van der Waals surface area contributed by atoms with Crippen LogP contribution in [-0.2, 0) is 0 Å². The SMILES string of the molecule is COc1cccc(Sc2ccc([C@@H](C)N)c(Br)c2)c1. The molecule has 4 heteroatoms. The minimum absolute atomic E-state index is 0.0326. The summed E-state index contributed by atoms with van der Waals surface area (Å²) in [5.41, 5.74) is 7.02. The molecular weight excluding hydrogens is 322 g/mol. The van der Waals surface area contributed by atoms with Gasteiger partial charge >= 0.3 is 0 Å². The molecule has 0 saturated carbocycles. The molecule has 2 aromatic rings. The molecule has 100 valence electrons. The van der Waals surface area contributed by atoms with Gasteiger partial charge in [0.2, 0.25) is 0 Å². The van der Waals surface area contributed by atoms with Crippen molar-refractivity contribution in [3.8, 4) is 5.75 Å². The second-order valence-corrected chi connectivity index (χ2v) is 6.25. The first-order chi connectivity index (χ1) is 9.10. The average Bonchev–Trinajstić information content (AvgIpc) is 2.38. The van der Waals surface area contributed by atoms with Crippen molar-refractivity contribution in [3.05, 3.63) is 52.5 Å². The molecule has 0 unspecified atom stereocenters. The fraction of sp³-hybridized carbons (Fsp3) is 0.200. The number of halogens is 1. The Hall–Kier alpha value is -0.970. The van der Waals surface area contributed by atoms with E-state index in [1.807, 2.05) is 25.1 Å². The van der Waals surface area contributed by atoms with Crippen LogP contribution in [0.4, 0.5) is 0 Å². The van der Waals surface area contributed by atoms with Crippen molar-refractivity contribution < 1.29 is 4.74 Å². The summed E-state index contributed by atoms with van der Waals surface area (Å²) in [6.45, 7) is 1.98. The van der Waals surface area contributed by atoms with Crippen LogP contribution >= 0.6 is 27.7 Å². The number of hydrogen-bond donors (Lipinski definition) is 1. The molecule has 0 aliphatic rings. The topological polar surface area (TPSA) is 35.2 Å². The summed E-state index contributed by atoms with van der Waals surface area (Å²) in [5.74, 6) is 0.872. The molecule has 2 N–H and O–H groups in total. The summed E-state index contributed by atoms with van der Waals surface area (Å²) in [6.07, 6.45) is 0. The second-order valence-electron chi connectivity index (χ2n) is 4.25. The van der Waals surface area contributed by atoms with Gasteiger partial charge in [-0.1, -0.05) is 39.8 Å². The Morgan fingerprint density at radius 3 is 2.53 bits per heavy atom. The first-order valence-electron chi connectivity index (χ1n) is 5.97. The van der Waals surface area contributed by atoms with Gasteiger partial charge in [-0.25, -0.2) is 0 Å². The fourth-order valence-corrected chi connectivity index (χ4v) is 3.54. The molecule has 0 heterocycles. The van der Waals surface area contributed by atoms with E-state index in [0.29, 0.717) is 0 Å². The van der Waals surface area contributed by atoms with Gasteiger partial charge in [0.15, 0.2) is 0 Å². The maximum absolute atomic E-state index is 5.90. The van der Waals surface area contributed by atoms with E-state index in [0.717, 1.165) is 20.7 Å². The van der Waals surface area contributed by atoms with Crippen LogP contribution in [0, 0.1) is 0 Å². The smallest absolute Gasteiger partial charge is 0.119 e. The number of nitrogens with two attached hydrogens (primary N) is 1. The lowest BCUT2D eigenvalue weighted by Crippen LogP contribution is -2.05. The summed E-state index contributed by atoms with van der Waals surface area (Å²) in [5, 5.41) is 0. The molecule has 0 aliphatic carbocycles. The summed E-state index contributed by atoms with van der Waals surface area (Å²) in [7, 11) is 1.68. The van der Waals surface area contributed by atoms with Crippen LogP contribution in [0.1, 0.15) is 18.5 Å². The molecule has 0 aromatic heterocycles. The van der Waals surface area contributed by atoms with Crippen molar-refractivity contribution in [2.45, 2.75) is 22.8 Å². The predicted octanol–water partition coefficient (Wildman–Crippen LogP) is 4.63. The zero-order chi connectivity index (χ0) is 13.8. The number of rotatable bonds is 4. The quantitative estimate of drug-likeness (QED) is 0.883. The van der Waals surface area contributed by atoms with Crippen molar-refractivity contribution in [2.75, 3.05) is 7.11 Å². The molecule has 0 aliphatic heterocycles. The van der Waals surface area contributed by atoms with E-state index in [2.05, 4.69) is 40.2 Å². The van der Waals surface area contributed by atoms with Crippen LogP contribution in [0.2, 0.25) is 0 Å². The van der Waals surface area contributed by atoms with Gasteiger partial charge in [-0.3, -0.25) is 0 Å². The highest BCUT2D eigenvalue weighted by Crippen LogP contribution is 2.33. The van der Waals surface area contributed by atoms with Gasteiger partial charge in [0.05, 0.1) is 7.11 Å². The van der Waals surface area contributed by atoms with E-state index in [4.69, 9.17) is 10.5 Å². The van der Waals surface area contributed by atoms with E-state index < -0.39 is 0 Å². The maximum atomic E-state index is 5.90. The fourth-order valence-electron chi connectivity index (χ4n) is 1.74. The highest BCUT2D eigenvalue weighted by atomic mass is 79.9. The van der Waals surface area contributed by atoms with E-state index in [1.54, 1.807) is 18.9 Å². The van der Waals surface area contributed by atoms with Gasteiger partial charge in [-0.05, 0) is 42.8 Å². The third-order valence-corrected chi connectivity index (χ3v) is 4.41. The van der Waals surface area contributed by atoms with Crippen molar-refractivity contribution in [2.24, 2.45) is 5.73 Å². The lowest BCUT2D eigenvalue weighted by Gasteiger charge is -2.10. The van der Waals surface area contributed by atoms with Gasteiger partial charge in [-0.2, -0.15) is 0 Å². The molecule has 2 aromatic carbocycles. The van der Waals surface area contributed by atoms with E-state index in [1.165, 1.54) is 4.90 Å². The minimum Gasteiger partial charge on any atom is -0.497 e. The zero-order valence-corrected chi connectivity index (χ0v) is 13.3. The molecule has 0 saturated heterocycles. The normalized spacial score (nSPS) is 12.2. The lowest BCUT2D eigenvalue weighted by atomic mass is 10.1. The Morgan fingerprint density at radius 1 is 1.16 bits per heavy atom. The molecule has 0 bridgehead atoms. The monoisotopic (exact) mass is 337 g/mol. The first kappa shape index (κ1) is 14.4. The van der Waals surface area contributed by atoms with Crippen molar-refractivity contribution >= 4 is 27.7 Å². The Balaban J connectivity index is 2.21. The standard InChI is InChI=1S/C15H16BrNOS/c1-10(17)14-7-6-13(9-15(14)16)19-12-5-3-4-11(8-12)18-2/h3-10H,17H2,1-2H3/t10-/m1/s1. The molecule has 0 radical (unpaired) electrons. The Morgan fingerprint density at radius 2 is 1.89 bits per heavy atom. The summed E-state index contributed by atoms with van der Waals surface area (Å²) in [4.78, 5) is 2.32. The third-order valence-electron chi connectivity index (χ3n) is 2.74. The van der Waals surface area contributed by atoms with Crippen molar-refractivity contribution in [3.63, 3.8) is 0 Å². The van der Waals surface area contributed by atoms with Gasteiger partial charge < -0.3 is 10.5 Å². The second kappa shape index (κ2) is 6.46. The highest BCUT2D eigenvalue weighted by Gasteiger charge is 2.07. The molecule has 0 spiro atoms. The Bertz CT molecular complexity index is 572. The summed E-state index contributed by atoms with van der Waals surface area (Å²) >= 11 is 5.27. The number of hydrogen-bond acceptors (Lipinski definition) is 3. The van der Waals surface area contributed by atoms with E-state index >= 15 is 0 Å². The van der Waals surface area contributed by atoms with Crippen LogP contribution in [0.5, 0.6) is 5.75 Å². The number of methoxy groups -OCH3 is 1. The molecule has 19 heavy (non-hydrogen) atoms. The van der Waals surface area contributed by atoms with Crippen LogP contribution in [0.3, 0.4) is 0 Å². The molecular formula is C15H16BrNOS. The Labute approximate surface area is 126 Å². The largest absolute Gasteiger partial charge is 0.497 e. The van der Waals surface area contributed by atoms with E-state index in [9.17, 15) is 0 Å². The van der Waals surface area contributed by atoms with Gasteiger partial charge in [0.1, 0.15) is 5.75 Å². The van der Waals surface area contributed by atoms with Crippen molar-refractivity contribution in [1.29, 1.82) is 0 Å². The number of benzene rings is 2. The maximum Gasteiger partial charge on any atom is 0.119 e. The number of ether oxygens (including phenoxy) is 1. The van der Waals surface area contributed by atoms with Crippen LogP contribution < -0.4 is 10.5 Å². The molecule has 2 nitrogen and oxygen atoms in total. The molecule has 2 rings (SSSR count). The average molecular weight is 338 g/mol. The van der Waals surface area contributed by atoms with E-state index in [-0.39, 0.29) is 6.04 Å². The molecule has 0 fully saturated rings. The van der Waals surface area contributed by atoms with Gasteiger partial charge in [0.25, 0.3) is 0 Å². The molecule has 0 amide bonds. The highest BCUT2D eigenvalue weighted by molar-refractivity contribution is 9.10. The Kier molecular flexibility index (Phi) is 4.91. The van der Waals surface area contributed by atoms with Crippen molar-refractivity contribution in [1.82, 2.24) is 0 Å². The summed E-state index contributed by atoms with van der Waals surface area (Å²) < 4.78 is 6.28. The first-order valence-corrected chi connectivity index (χ1v) is 7.58. The van der Waals surface area contributed by atoms with Crippen LogP contribution in [0.25, 0.3) is 0 Å². The van der Waals surface area contributed by atoms with Crippen LogP contribution in [0.15, 0.2) is 56.7 Å². The third kappa shape index (κ3) is 3.75. The zero-order valence-electron chi connectivity index (χ0n) is 10.9. The summed E-state index contributed by atoms with van der Waals surface area (Å²) in [6, 6.07) is 14.3.